The Hall–Kier alpha value is -0.240. The lowest BCUT2D eigenvalue weighted by Crippen LogP contribution is -2.26. The molecule has 1 nitrogen and oxygen atoms in total. The summed E-state index contributed by atoms with van der Waals surface area (Å²) in [4.78, 5) is 0. The van der Waals surface area contributed by atoms with Gasteiger partial charge in [0, 0.05) is 16.1 Å². The van der Waals surface area contributed by atoms with Crippen LogP contribution in [0.3, 0.4) is 0 Å². The number of halogens is 2. The molecule has 0 bridgehead atoms. The van der Waals surface area contributed by atoms with Gasteiger partial charge < -0.3 is 5.32 Å². The minimum Gasteiger partial charge on any atom is -0.314 e. The minimum absolute atomic E-state index is 0.424. The molecular formula is C14H19Cl2N. The number of rotatable bonds is 5. The third-order valence-corrected chi connectivity index (χ3v) is 4.19. The first kappa shape index (κ1) is 13.2. The van der Waals surface area contributed by atoms with Gasteiger partial charge in [0.15, 0.2) is 0 Å². The summed E-state index contributed by atoms with van der Waals surface area (Å²) < 4.78 is 0. The van der Waals surface area contributed by atoms with Crippen molar-refractivity contribution in [2.75, 3.05) is 6.54 Å². The van der Waals surface area contributed by atoms with Crippen molar-refractivity contribution in [2.24, 2.45) is 5.92 Å². The smallest absolute Gasteiger partial charge is 0.0441 e. The van der Waals surface area contributed by atoms with Gasteiger partial charge >= 0.3 is 0 Å². The Morgan fingerprint density at radius 1 is 1.29 bits per heavy atom. The van der Waals surface area contributed by atoms with Crippen molar-refractivity contribution in [1.82, 2.24) is 5.32 Å². The van der Waals surface area contributed by atoms with Crippen LogP contribution in [0.5, 0.6) is 0 Å². The first-order valence-electron chi connectivity index (χ1n) is 6.26. The Bertz CT molecular complexity index is 388. The van der Waals surface area contributed by atoms with Crippen molar-refractivity contribution in [1.29, 1.82) is 0 Å². The topological polar surface area (TPSA) is 12.0 Å². The first-order valence-corrected chi connectivity index (χ1v) is 7.02. The van der Waals surface area contributed by atoms with Crippen LogP contribution < -0.4 is 5.32 Å². The fourth-order valence-corrected chi connectivity index (χ4v) is 2.46. The third kappa shape index (κ3) is 3.61. The standard InChI is InChI=1S/C14H19Cl2N/c1-9(8-17-12-4-5-12)10(2)13-7-11(15)3-6-14(13)16/h3,6-7,9-10,12,17H,4-5,8H2,1-2H3. The fourth-order valence-electron chi connectivity index (χ4n) is 1.99. The average molecular weight is 272 g/mol. The van der Waals surface area contributed by atoms with E-state index in [1.165, 1.54) is 12.8 Å². The molecule has 0 spiro atoms. The van der Waals surface area contributed by atoms with E-state index in [0.29, 0.717) is 11.8 Å². The van der Waals surface area contributed by atoms with Crippen LogP contribution in [0.4, 0.5) is 0 Å². The third-order valence-electron chi connectivity index (χ3n) is 3.61. The maximum absolute atomic E-state index is 6.23. The maximum Gasteiger partial charge on any atom is 0.0441 e. The second-order valence-electron chi connectivity index (χ2n) is 5.11. The van der Waals surface area contributed by atoms with Gasteiger partial charge in [-0.3, -0.25) is 0 Å². The molecule has 0 amide bonds. The van der Waals surface area contributed by atoms with Crippen LogP contribution in [0.1, 0.15) is 38.2 Å². The second kappa shape index (κ2) is 5.60. The molecule has 1 aromatic rings. The molecule has 1 aliphatic rings. The maximum atomic E-state index is 6.23. The van der Waals surface area contributed by atoms with Crippen molar-refractivity contribution < 1.29 is 0 Å². The average Bonchev–Trinajstić information content (AvgIpc) is 3.12. The Balaban J connectivity index is 2.00. The summed E-state index contributed by atoms with van der Waals surface area (Å²) in [6.45, 7) is 5.53. The van der Waals surface area contributed by atoms with E-state index in [9.17, 15) is 0 Å². The summed E-state index contributed by atoms with van der Waals surface area (Å²) >= 11 is 12.3. The molecule has 17 heavy (non-hydrogen) atoms. The first-order chi connectivity index (χ1) is 8.08. The lowest BCUT2D eigenvalue weighted by Gasteiger charge is -2.22. The highest BCUT2D eigenvalue weighted by molar-refractivity contribution is 6.33. The molecule has 1 aromatic carbocycles. The largest absolute Gasteiger partial charge is 0.314 e. The van der Waals surface area contributed by atoms with Crippen LogP contribution in [0.15, 0.2) is 18.2 Å². The van der Waals surface area contributed by atoms with E-state index >= 15 is 0 Å². The number of nitrogens with one attached hydrogen (secondary N) is 1. The van der Waals surface area contributed by atoms with Crippen LogP contribution in [0.25, 0.3) is 0 Å². The Morgan fingerprint density at radius 2 is 2.00 bits per heavy atom. The Kier molecular flexibility index (Phi) is 4.35. The van der Waals surface area contributed by atoms with E-state index in [1.807, 2.05) is 18.2 Å². The number of hydrogen-bond donors (Lipinski definition) is 1. The van der Waals surface area contributed by atoms with E-state index in [1.54, 1.807) is 0 Å². The molecular weight excluding hydrogens is 253 g/mol. The zero-order valence-corrected chi connectivity index (χ0v) is 11.9. The molecule has 0 aliphatic heterocycles. The van der Waals surface area contributed by atoms with Crippen molar-refractivity contribution in [3.05, 3.63) is 33.8 Å². The van der Waals surface area contributed by atoms with Crippen LogP contribution in [-0.4, -0.2) is 12.6 Å². The molecule has 94 valence electrons. The highest BCUT2D eigenvalue weighted by Crippen LogP contribution is 2.32. The molecule has 2 unspecified atom stereocenters. The zero-order chi connectivity index (χ0) is 12.4. The predicted octanol–water partition coefficient (Wildman–Crippen LogP) is 4.49. The molecule has 0 aromatic heterocycles. The molecule has 1 N–H and O–H groups in total. The van der Waals surface area contributed by atoms with Crippen LogP contribution in [0.2, 0.25) is 10.0 Å². The Morgan fingerprint density at radius 3 is 2.65 bits per heavy atom. The van der Waals surface area contributed by atoms with E-state index in [4.69, 9.17) is 23.2 Å². The van der Waals surface area contributed by atoms with Crippen molar-refractivity contribution in [3.63, 3.8) is 0 Å². The highest BCUT2D eigenvalue weighted by Gasteiger charge is 2.23. The number of benzene rings is 1. The van der Waals surface area contributed by atoms with E-state index in [-0.39, 0.29) is 0 Å². The summed E-state index contributed by atoms with van der Waals surface area (Å²) in [5.74, 6) is 0.985. The molecule has 3 heteroatoms. The lowest BCUT2D eigenvalue weighted by atomic mass is 9.89. The molecule has 0 heterocycles. The van der Waals surface area contributed by atoms with Crippen molar-refractivity contribution in [2.45, 2.75) is 38.6 Å². The van der Waals surface area contributed by atoms with Gasteiger partial charge in [0.1, 0.15) is 0 Å². The van der Waals surface area contributed by atoms with Gasteiger partial charge in [0.2, 0.25) is 0 Å². The monoisotopic (exact) mass is 271 g/mol. The molecule has 1 saturated carbocycles. The van der Waals surface area contributed by atoms with Crippen LogP contribution in [0, 0.1) is 5.92 Å². The Labute approximate surface area is 114 Å². The van der Waals surface area contributed by atoms with Gasteiger partial charge in [-0.25, -0.2) is 0 Å². The normalized spacial score (nSPS) is 19.1. The predicted molar refractivity (Wildman–Crippen MR) is 75.1 cm³/mol. The molecule has 0 radical (unpaired) electrons. The minimum atomic E-state index is 0.424. The van der Waals surface area contributed by atoms with E-state index < -0.39 is 0 Å². The summed E-state index contributed by atoms with van der Waals surface area (Å²) in [6, 6.07) is 6.48. The quantitative estimate of drug-likeness (QED) is 0.833. The second-order valence-corrected chi connectivity index (χ2v) is 5.96. The molecule has 1 fully saturated rings. The van der Waals surface area contributed by atoms with Gasteiger partial charge in [0.25, 0.3) is 0 Å². The molecule has 2 rings (SSSR count). The van der Waals surface area contributed by atoms with Gasteiger partial charge in [0.05, 0.1) is 0 Å². The summed E-state index contributed by atoms with van der Waals surface area (Å²) in [6.07, 6.45) is 2.66. The van der Waals surface area contributed by atoms with Crippen LogP contribution in [-0.2, 0) is 0 Å². The lowest BCUT2D eigenvalue weighted by molar-refractivity contribution is 0.446. The molecule has 1 aliphatic carbocycles. The van der Waals surface area contributed by atoms with Gasteiger partial charge in [-0.05, 0) is 55.0 Å². The zero-order valence-electron chi connectivity index (χ0n) is 10.3. The van der Waals surface area contributed by atoms with E-state index in [0.717, 1.165) is 28.2 Å². The summed E-state index contributed by atoms with van der Waals surface area (Å²) in [5, 5.41) is 5.15. The van der Waals surface area contributed by atoms with Crippen molar-refractivity contribution >= 4 is 23.2 Å². The van der Waals surface area contributed by atoms with Gasteiger partial charge in [-0.1, -0.05) is 37.0 Å². The van der Waals surface area contributed by atoms with E-state index in [2.05, 4.69) is 19.2 Å². The fraction of sp³-hybridized carbons (Fsp3) is 0.571. The summed E-state index contributed by atoms with van der Waals surface area (Å²) in [7, 11) is 0. The number of hydrogen-bond acceptors (Lipinski definition) is 1. The molecule has 2 atom stereocenters. The van der Waals surface area contributed by atoms with Gasteiger partial charge in [-0.15, -0.1) is 0 Å². The highest BCUT2D eigenvalue weighted by atomic mass is 35.5. The van der Waals surface area contributed by atoms with Crippen LogP contribution >= 0.6 is 23.2 Å². The van der Waals surface area contributed by atoms with Gasteiger partial charge in [-0.2, -0.15) is 0 Å². The SMILES string of the molecule is CC(CNC1CC1)C(C)c1cc(Cl)ccc1Cl. The molecule has 0 saturated heterocycles. The summed E-state index contributed by atoms with van der Waals surface area (Å²) in [5.41, 5.74) is 1.16. The van der Waals surface area contributed by atoms with Crippen molar-refractivity contribution in [3.8, 4) is 0 Å².